The van der Waals surface area contributed by atoms with Gasteiger partial charge < -0.3 is 9.84 Å². The fourth-order valence-corrected chi connectivity index (χ4v) is 1.67. The Morgan fingerprint density at radius 3 is 2.93 bits per heavy atom. The molecule has 1 heterocycles. The minimum absolute atomic E-state index is 0.159. The van der Waals surface area contributed by atoms with Gasteiger partial charge in [0, 0.05) is 18.9 Å². The zero-order valence-corrected chi connectivity index (χ0v) is 8.36. The largest absolute Gasteiger partial charge is 0.481 e. The molecule has 14 heavy (non-hydrogen) atoms. The monoisotopic (exact) mass is 193 g/mol. The standard InChI is InChI=1S/C11H15NO2/c1-14-10-6-9(2-5-12-10)7-11(8-13)3-4-11/h2,5-6,13H,3-4,7-8H2,1H3. The van der Waals surface area contributed by atoms with Gasteiger partial charge >= 0.3 is 0 Å². The van der Waals surface area contributed by atoms with Gasteiger partial charge in [0.15, 0.2) is 0 Å². The molecule has 1 aliphatic rings. The highest BCUT2D eigenvalue weighted by Crippen LogP contribution is 2.47. The Bertz CT molecular complexity index is 321. The van der Waals surface area contributed by atoms with Gasteiger partial charge in [-0.2, -0.15) is 0 Å². The molecule has 0 spiro atoms. The molecule has 1 N–H and O–H groups in total. The Morgan fingerprint density at radius 1 is 1.57 bits per heavy atom. The highest BCUT2D eigenvalue weighted by Gasteiger charge is 2.41. The van der Waals surface area contributed by atoms with E-state index in [-0.39, 0.29) is 12.0 Å². The summed E-state index contributed by atoms with van der Waals surface area (Å²) in [7, 11) is 1.62. The summed E-state index contributed by atoms with van der Waals surface area (Å²) in [6.07, 6.45) is 4.95. The predicted octanol–water partition coefficient (Wildman–Crippen LogP) is 1.41. The van der Waals surface area contributed by atoms with Crippen molar-refractivity contribution in [2.45, 2.75) is 19.3 Å². The molecular weight excluding hydrogens is 178 g/mol. The van der Waals surface area contributed by atoms with E-state index in [1.54, 1.807) is 13.3 Å². The number of aromatic nitrogens is 1. The van der Waals surface area contributed by atoms with Crippen molar-refractivity contribution in [1.29, 1.82) is 0 Å². The van der Waals surface area contributed by atoms with Crippen LogP contribution in [-0.2, 0) is 6.42 Å². The van der Waals surface area contributed by atoms with Gasteiger partial charge in [0.25, 0.3) is 0 Å². The summed E-state index contributed by atoms with van der Waals surface area (Å²) in [4.78, 5) is 4.05. The molecule has 0 saturated heterocycles. The van der Waals surface area contributed by atoms with E-state index in [9.17, 15) is 5.11 Å². The van der Waals surface area contributed by atoms with E-state index in [2.05, 4.69) is 4.98 Å². The van der Waals surface area contributed by atoms with Gasteiger partial charge in [-0.05, 0) is 36.3 Å². The van der Waals surface area contributed by atoms with Crippen molar-refractivity contribution in [2.75, 3.05) is 13.7 Å². The van der Waals surface area contributed by atoms with Crippen LogP contribution in [0.5, 0.6) is 5.88 Å². The number of hydrogen-bond donors (Lipinski definition) is 1. The second kappa shape index (κ2) is 3.58. The molecule has 0 amide bonds. The summed E-state index contributed by atoms with van der Waals surface area (Å²) < 4.78 is 5.05. The Labute approximate surface area is 83.7 Å². The van der Waals surface area contributed by atoms with Gasteiger partial charge in [-0.3, -0.25) is 0 Å². The molecule has 3 nitrogen and oxygen atoms in total. The Morgan fingerprint density at radius 2 is 2.36 bits per heavy atom. The van der Waals surface area contributed by atoms with E-state index >= 15 is 0 Å². The van der Waals surface area contributed by atoms with Crippen LogP contribution in [0.25, 0.3) is 0 Å². The van der Waals surface area contributed by atoms with Crippen molar-refractivity contribution in [3.8, 4) is 5.88 Å². The van der Waals surface area contributed by atoms with Gasteiger partial charge in [-0.1, -0.05) is 0 Å². The molecule has 2 rings (SSSR count). The van der Waals surface area contributed by atoms with Crippen LogP contribution in [0.1, 0.15) is 18.4 Å². The summed E-state index contributed by atoms with van der Waals surface area (Å²) in [6, 6.07) is 3.92. The van der Waals surface area contributed by atoms with Crippen LogP contribution < -0.4 is 4.74 Å². The minimum atomic E-state index is 0.159. The van der Waals surface area contributed by atoms with Crippen molar-refractivity contribution in [1.82, 2.24) is 4.98 Å². The van der Waals surface area contributed by atoms with Crippen molar-refractivity contribution in [3.05, 3.63) is 23.9 Å². The van der Waals surface area contributed by atoms with Crippen LogP contribution >= 0.6 is 0 Å². The summed E-state index contributed by atoms with van der Waals surface area (Å²) in [5.41, 5.74) is 1.36. The van der Waals surface area contributed by atoms with Crippen molar-refractivity contribution in [3.63, 3.8) is 0 Å². The maximum Gasteiger partial charge on any atom is 0.213 e. The first-order chi connectivity index (χ1) is 6.78. The first-order valence-corrected chi connectivity index (χ1v) is 4.88. The molecule has 0 bridgehead atoms. The topological polar surface area (TPSA) is 42.4 Å². The molecule has 0 aromatic carbocycles. The highest BCUT2D eigenvalue weighted by molar-refractivity contribution is 5.23. The number of nitrogens with zero attached hydrogens (tertiary/aromatic N) is 1. The zero-order chi connectivity index (χ0) is 10.0. The van der Waals surface area contributed by atoms with Crippen molar-refractivity contribution < 1.29 is 9.84 Å². The van der Waals surface area contributed by atoms with Crippen LogP contribution in [0.2, 0.25) is 0 Å². The third-order valence-corrected chi connectivity index (χ3v) is 2.88. The molecular formula is C11H15NO2. The van der Waals surface area contributed by atoms with Crippen molar-refractivity contribution in [2.24, 2.45) is 5.41 Å². The molecule has 1 fully saturated rings. The summed E-state index contributed by atoms with van der Waals surface area (Å²) >= 11 is 0. The number of aliphatic hydroxyl groups excluding tert-OH is 1. The van der Waals surface area contributed by atoms with E-state index in [1.807, 2.05) is 12.1 Å². The number of hydrogen-bond acceptors (Lipinski definition) is 3. The van der Waals surface area contributed by atoms with E-state index in [0.717, 1.165) is 19.3 Å². The third kappa shape index (κ3) is 1.87. The molecule has 0 aliphatic heterocycles. The Balaban J connectivity index is 2.09. The quantitative estimate of drug-likeness (QED) is 0.786. The second-order valence-electron chi connectivity index (χ2n) is 4.04. The summed E-state index contributed by atoms with van der Waals surface area (Å²) in [6.45, 7) is 0.289. The molecule has 1 aromatic heterocycles. The molecule has 76 valence electrons. The zero-order valence-electron chi connectivity index (χ0n) is 8.36. The smallest absolute Gasteiger partial charge is 0.213 e. The van der Waals surface area contributed by atoms with Gasteiger partial charge in [-0.25, -0.2) is 4.98 Å². The molecule has 0 radical (unpaired) electrons. The fourth-order valence-electron chi connectivity index (χ4n) is 1.67. The van der Waals surface area contributed by atoms with Crippen molar-refractivity contribution >= 4 is 0 Å². The maximum absolute atomic E-state index is 9.20. The highest BCUT2D eigenvalue weighted by atomic mass is 16.5. The summed E-state index contributed by atoms with van der Waals surface area (Å²) in [5, 5.41) is 9.20. The predicted molar refractivity (Wildman–Crippen MR) is 53.2 cm³/mol. The molecule has 0 unspecified atom stereocenters. The number of aliphatic hydroxyl groups is 1. The average Bonchev–Trinajstić information content (AvgIpc) is 2.99. The SMILES string of the molecule is COc1cc(CC2(CO)CC2)ccn1. The lowest BCUT2D eigenvalue weighted by Crippen LogP contribution is -2.10. The number of methoxy groups -OCH3 is 1. The lowest BCUT2D eigenvalue weighted by molar-refractivity contribution is 0.211. The minimum Gasteiger partial charge on any atom is -0.481 e. The van der Waals surface area contributed by atoms with Gasteiger partial charge in [0.05, 0.1) is 7.11 Å². The van der Waals surface area contributed by atoms with Crippen LogP contribution in [0.15, 0.2) is 18.3 Å². The van der Waals surface area contributed by atoms with Crippen LogP contribution in [0.4, 0.5) is 0 Å². The first kappa shape index (κ1) is 9.46. The van der Waals surface area contributed by atoms with Gasteiger partial charge in [0.1, 0.15) is 0 Å². The normalized spacial score (nSPS) is 17.9. The van der Waals surface area contributed by atoms with Crippen LogP contribution in [0.3, 0.4) is 0 Å². The first-order valence-electron chi connectivity index (χ1n) is 4.88. The van der Waals surface area contributed by atoms with E-state index < -0.39 is 0 Å². The number of rotatable bonds is 4. The Hall–Kier alpha value is -1.09. The molecule has 1 aliphatic carbocycles. The van der Waals surface area contributed by atoms with E-state index in [0.29, 0.717) is 5.88 Å². The van der Waals surface area contributed by atoms with Crippen LogP contribution in [0, 0.1) is 5.41 Å². The van der Waals surface area contributed by atoms with Crippen LogP contribution in [-0.4, -0.2) is 23.8 Å². The Kier molecular flexibility index (Phi) is 2.42. The lowest BCUT2D eigenvalue weighted by atomic mass is 9.98. The summed E-state index contributed by atoms with van der Waals surface area (Å²) in [5.74, 6) is 0.649. The molecule has 0 atom stereocenters. The second-order valence-corrected chi connectivity index (χ2v) is 4.04. The van der Waals surface area contributed by atoms with Gasteiger partial charge in [-0.15, -0.1) is 0 Å². The molecule has 1 saturated carbocycles. The van der Waals surface area contributed by atoms with E-state index in [4.69, 9.17) is 4.74 Å². The maximum atomic E-state index is 9.20. The number of pyridine rings is 1. The third-order valence-electron chi connectivity index (χ3n) is 2.88. The average molecular weight is 193 g/mol. The lowest BCUT2D eigenvalue weighted by Gasteiger charge is -2.11. The molecule has 3 heteroatoms. The van der Waals surface area contributed by atoms with E-state index in [1.165, 1.54) is 5.56 Å². The molecule has 1 aromatic rings. The fraction of sp³-hybridized carbons (Fsp3) is 0.545. The number of ether oxygens (including phenoxy) is 1. The van der Waals surface area contributed by atoms with Gasteiger partial charge in [0.2, 0.25) is 5.88 Å².